The smallest absolute Gasteiger partial charge is 0.101 e. The van der Waals surface area contributed by atoms with Gasteiger partial charge < -0.3 is 15.4 Å². The number of anilines is 1. The molecule has 0 bridgehead atoms. The Morgan fingerprint density at radius 1 is 1.56 bits per heavy atom. The average molecular weight is 245 g/mol. The maximum atomic E-state index is 9.28. The van der Waals surface area contributed by atoms with Crippen LogP contribution >= 0.6 is 0 Å². The van der Waals surface area contributed by atoms with E-state index >= 15 is 0 Å². The van der Waals surface area contributed by atoms with Gasteiger partial charge >= 0.3 is 0 Å². The molecule has 18 heavy (non-hydrogen) atoms. The van der Waals surface area contributed by atoms with E-state index in [1.807, 2.05) is 18.2 Å². The van der Waals surface area contributed by atoms with Crippen LogP contribution in [0.25, 0.3) is 0 Å². The van der Waals surface area contributed by atoms with Gasteiger partial charge in [0.2, 0.25) is 0 Å². The Hall–Kier alpha value is -1.57. The third-order valence-corrected chi connectivity index (χ3v) is 3.43. The minimum absolute atomic E-state index is 0.356. The van der Waals surface area contributed by atoms with Crippen molar-refractivity contribution in [2.45, 2.75) is 25.9 Å². The van der Waals surface area contributed by atoms with Gasteiger partial charge in [0.1, 0.15) is 6.07 Å². The maximum absolute atomic E-state index is 9.28. The summed E-state index contributed by atoms with van der Waals surface area (Å²) in [5.74, 6) is 0. The monoisotopic (exact) mass is 245 g/mol. The van der Waals surface area contributed by atoms with E-state index in [9.17, 15) is 5.26 Å². The zero-order valence-electron chi connectivity index (χ0n) is 10.7. The molecule has 1 atom stereocenters. The van der Waals surface area contributed by atoms with Crippen molar-refractivity contribution in [3.8, 4) is 6.07 Å². The minimum atomic E-state index is 0.356. The minimum Gasteiger partial charge on any atom is -0.377 e. The molecule has 1 aromatic carbocycles. The van der Waals surface area contributed by atoms with E-state index in [0.717, 1.165) is 37.4 Å². The van der Waals surface area contributed by atoms with E-state index in [4.69, 9.17) is 10.5 Å². The average Bonchev–Trinajstić information content (AvgIpc) is 2.46. The van der Waals surface area contributed by atoms with Crippen molar-refractivity contribution in [2.24, 2.45) is 5.73 Å². The molecule has 2 rings (SSSR count). The summed E-state index contributed by atoms with van der Waals surface area (Å²) >= 11 is 0. The molecule has 1 fully saturated rings. The van der Waals surface area contributed by atoms with Crippen molar-refractivity contribution >= 4 is 5.69 Å². The number of benzene rings is 1. The molecule has 1 aromatic rings. The molecule has 0 aliphatic carbocycles. The first-order valence-corrected chi connectivity index (χ1v) is 6.37. The van der Waals surface area contributed by atoms with Gasteiger partial charge in [-0.25, -0.2) is 0 Å². The second-order valence-electron chi connectivity index (χ2n) is 4.50. The first-order chi connectivity index (χ1) is 8.80. The van der Waals surface area contributed by atoms with Crippen molar-refractivity contribution in [3.05, 3.63) is 29.3 Å². The number of rotatable bonds is 3. The highest BCUT2D eigenvalue weighted by Gasteiger charge is 2.23. The summed E-state index contributed by atoms with van der Waals surface area (Å²) in [6, 6.07) is 8.52. The molecule has 2 N–H and O–H groups in total. The Balaban J connectivity index is 2.34. The molecule has 1 aliphatic rings. The second kappa shape index (κ2) is 5.85. The third-order valence-electron chi connectivity index (χ3n) is 3.43. The predicted octanol–water partition coefficient (Wildman–Crippen LogP) is 1.63. The molecular weight excluding hydrogens is 226 g/mol. The summed E-state index contributed by atoms with van der Waals surface area (Å²) in [7, 11) is 0. The lowest BCUT2D eigenvalue weighted by atomic mass is 10.1. The van der Waals surface area contributed by atoms with Crippen LogP contribution < -0.4 is 10.6 Å². The lowest BCUT2D eigenvalue weighted by Gasteiger charge is -2.37. The van der Waals surface area contributed by atoms with Crippen molar-refractivity contribution in [1.82, 2.24) is 0 Å². The van der Waals surface area contributed by atoms with Crippen molar-refractivity contribution in [2.75, 3.05) is 24.7 Å². The lowest BCUT2D eigenvalue weighted by Crippen LogP contribution is -2.45. The van der Waals surface area contributed by atoms with Crippen LogP contribution in [0, 0.1) is 11.3 Å². The Bertz CT molecular complexity index is 453. The number of hydrogen-bond donors (Lipinski definition) is 1. The van der Waals surface area contributed by atoms with Gasteiger partial charge in [0.05, 0.1) is 30.5 Å². The molecule has 0 saturated carbocycles. The van der Waals surface area contributed by atoms with Crippen LogP contribution in [0.1, 0.15) is 24.5 Å². The van der Waals surface area contributed by atoms with Gasteiger partial charge in [-0.15, -0.1) is 0 Å². The molecule has 1 aliphatic heterocycles. The lowest BCUT2D eigenvalue weighted by molar-refractivity contribution is 0.0930. The van der Waals surface area contributed by atoms with Crippen LogP contribution in [-0.2, 0) is 11.3 Å². The fourth-order valence-electron chi connectivity index (χ4n) is 2.36. The maximum Gasteiger partial charge on any atom is 0.101 e. The molecular formula is C14H19N3O. The summed E-state index contributed by atoms with van der Waals surface area (Å²) in [4.78, 5) is 2.28. The van der Waals surface area contributed by atoms with Gasteiger partial charge in [-0.2, -0.15) is 5.26 Å². The van der Waals surface area contributed by atoms with Crippen LogP contribution in [-0.4, -0.2) is 25.8 Å². The van der Waals surface area contributed by atoms with Gasteiger partial charge in [0.25, 0.3) is 0 Å². The van der Waals surface area contributed by atoms with E-state index in [1.54, 1.807) is 0 Å². The highest BCUT2D eigenvalue weighted by atomic mass is 16.5. The first-order valence-electron chi connectivity index (χ1n) is 6.37. The van der Waals surface area contributed by atoms with Gasteiger partial charge in [-0.1, -0.05) is 13.0 Å². The Labute approximate surface area is 108 Å². The highest BCUT2D eigenvalue weighted by molar-refractivity contribution is 5.61. The first kappa shape index (κ1) is 12.9. The zero-order valence-corrected chi connectivity index (χ0v) is 10.7. The predicted molar refractivity (Wildman–Crippen MR) is 71.3 cm³/mol. The van der Waals surface area contributed by atoms with Gasteiger partial charge in [0, 0.05) is 13.1 Å². The number of ether oxygens (including phenoxy) is 1. The standard InChI is InChI=1S/C14H19N3O/c1-2-13-10-18-6-5-17(13)14-4-3-11(8-15)7-12(14)9-16/h3-4,7,13H,2,5-6,8,10,15H2,1H3. The molecule has 0 radical (unpaired) electrons. The van der Waals surface area contributed by atoms with Crippen LogP contribution in [0.2, 0.25) is 0 Å². The molecule has 1 heterocycles. The Morgan fingerprint density at radius 3 is 3.06 bits per heavy atom. The van der Waals surface area contributed by atoms with Crippen molar-refractivity contribution < 1.29 is 4.74 Å². The number of hydrogen-bond acceptors (Lipinski definition) is 4. The molecule has 0 spiro atoms. The van der Waals surface area contributed by atoms with E-state index in [0.29, 0.717) is 18.2 Å². The summed E-state index contributed by atoms with van der Waals surface area (Å²) < 4.78 is 5.50. The normalized spacial score (nSPS) is 19.6. The molecule has 0 aromatic heterocycles. The Kier molecular flexibility index (Phi) is 4.19. The molecule has 4 nitrogen and oxygen atoms in total. The van der Waals surface area contributed by atoms with Crippen molar-refractivity contribution in [3.63, 3.8) is 0 Å². The third kappa shape index (κ3) is 2.47. The van der Waals surface area contributed by atoms with Gasteiger partial charge in [-0.05, 0) is 24.1 Å². The number of nitrogens with zero attached hydrogens (tertiary/aromatic N) is 2. The van der Waals surface area contributed by atoms with Crippen LogP contribution in [0.15, 0.2) is 18.2 Å². The molecule has 0 amide bonds. The molecule has 4 heteroatoms. The summed E-state index contributed by atoms with van der Waals surface area (Å²) in [6.45, 7) is 4.91. The van der Waals surface area contributed by atoms with E-state index < -0.39 is 0 Å². The summed E-state index contributed by atoms with van der Waals surface area (Å²) in [5.41, 5.74) is 8.32. The fourth-order valence-corrected chi connectivity index (χ4v) is 2.36. The van der Waals surface area contributed by atoms with Crippen molar-refractivity contribution in [1.29, 1.82) is 5.26 Å². The summed E-state index contributed by atoms with van der Waals surface area (Å²) in [5, 5.41) is 9.28. The van der Waals surface area contributed by atoms with Crippen LogP contribution in [0.3, 0.4) is 0 Å². The SMILES string of the molecule is CCC1COCCN1c1ccc(CN)cc1C#N. The van der Waals surface area contributed by atoms with E-state index in [2.05, 4.69) is 17.9 Å². The summed E-state index contributed by atoms with van der Waals surface area (Å²) in [6.07, 6.45) is 1.02. The number of nitrogens with two attached hydrogens (primary N) is 1. The van der Waals surface area contributed by atoms with Gasteiger partial charge in [-0.3, -0.25) is 0 Å². The van der Waals surface area contributed by atoms with E-state index in [-0.39, 0.29) is 0 Å². The van der Waals surface area contributed by atoms with E-state index in [1.165, 1.54) is 0 Å². The Morgan fingerprint density at radius 2 is 2.39 bits per heavy atom. The largest absolute Gasteiger partial charge is 0.377 e. The van der Waals surface area contributed by atoms with Crippen LogP contribution in [0.5, 0.6) is 0 Å². The second-order valence-corrected chi connectivity index (χ2v) is 4.50. The highest BCUT2D eigenvalue weighted by Crippen LogP contribution is 2.26. The fraction of sp³-hybridized carbons (Fsp3) is 0.500. The quantitative estimate of drug-likeness (QED) is 0.879. The van der Waals surface area contributed by atoms with Gasteiger partial charge in [0.15, 0.2) is 0 Å². The van der Waals surface area contributed by atoms with Crippen LogP contribution in [0.4, 0.5) is 5.69 Å². The molecule has 1 unspecified atom stereocenters. The zero-order chi connectivity index (χ0) is 13.0. The number of morpholine rings is 1. The topological polar surface area (TPSA) is 62.3 Å². The molecule has 96 valence electrons. The number of nitriles is 1. The molecule has 1 saturated heterocycles.